The Labute approximate surface area is 138 Å². The van der Waals surface area contributed by atoms with Crippen molar-refractivity contribution >= 4 is 22.5 Å². The maximum Gasteiger partial charge on any atom is 0.00345 e. The lowest BCUT2D eigenvalue weighted by molar-refractivity contribution is 0.532. The molecule has 20 heavy (non-hydrogen) atoms. The molecule has 0 aliphatic carbocycles. The Bertz CT molecular complexity index is 141. The molecule has 0 aromatic heterocycles. The first-order valence-electron chi connectivity index (χ1n) is 9.18. The summed E-state index contributed by atoms with van der Waals surface area (Å²) >= 11 is 4.16. The van der Waals surface area contributed by atoms with Crippen molar-refractivity contribution in [1.29, 1.82) is 0 Å². The molecule has 0 atom stereocenters. The van der Waals surface area contributed by atoms with Gasteiger partial charge in [0.2, 0.25) is 0 Å². The average molecular weight is 319 g/mol. The largest absolute Gasteiger partial charge is 0.111 e. The van der Waals surface area contributed by atoms with Crippen molar-refractivity contribution in [3.8, 4) is 0 Å². The maximum atomic E-state index is 4.16. The molecule has 0 amide bonds. The van der Waals surface area contributed by atoms with E-state index in [1.54, 1.807) is 10.8 Å². The Kier molecular flexibility index (Phi) is 20.4. The Morgan fingerprint density at radius 1 is 0.500 bits per heavy atom. The van der Waals surface area contributed by atoms with Crippen LogP contribution in [0.15, 0.2) is 0 Å². The molecular weight excluding hydrogens is 280 g/mol. The first kappa shape index (κ1) is 20.7. The van der Waals surface area contributed by atoms with Gasteiger partial charge in [-0.15, -0.1) is 11.7 Å². The summed E-state index contributed by atoms with van der Waals surface area (Å²) in [7, 11) is 1.68. The number of unbranched alkanes of at least 4 members (excludes halogenated alkanes) is 15. The predicted molar refractivity (Wildman–Crippen MR) is 101 cm³/mol. The highest BCUT2D eigenvalue weighted by atomic mass is 33.1. The van der Waals surface area contributed by atoms with Gasteiger partial charge in [0.15, 0.2) is 0 Å². The van der Waals surface area contributed by atoms with Gasteiger partial charge in [-0.3, -0.25) is 0 Å². The van der Waals surface area contributed by atoms with Crippen molar-refractivity contribution in [3.05, 3.63) is 0 Å². The quantitative estimate of drug-likeness (QED) is 0.162. The molecule has 0 nitrogen and oxygen atoms in total. The summed E-state index contributed by atoms with van der Waals surface area (Å²) in [6.07, 6.45) is 23.2. The van der Waals surface area contributed by atoms with Crippen LogP contribution in [-0.2, 0) is 0 Å². The summed E-state index contributed by atoms with van der Waals surface area (Å²) in [5.74, 6) is 1.22. The molecule has 0 aliphatic rings. The zero-order chi connectivity index (χ0) is 14.7. The SMILES string of the molecule is CCCCCCCCCCCCCCCCCCSS. The summed E-state index contributed by atoms with van der Waals surface area (Å²) in [6, 6.07) is 0. The smallest absolute Gasteiger partial charge is 0.00345 e. The van der Waals surface area contributed by atoms with E-state index >= 15 is 0 Å². The zero-order valence-corrected chi connectivity index (χ0v) is 15.6. The maximum absolute atomic E-state index is 4.16. The van der Waals surface area contributed by atoms with Crippen LogP contribution in [0.5, 0.6) is 0 Å². The minimum absolute atomic E-state index is 1.22. The fourth-order valence-electron chi connectivity index (χ4n) is 2.71. The third-order valence-electron chi connectivity index (χ3n) is 4.09. The normalized spacial score (nSPS) is 11.1. The highest BCUT2D eigenvalue weighted by Crippen LogP contribution is 2.14. The van der Waals surface area contributed by atoms with E-state index in [1.165, 1.54) is 108 Å². The van der Waals surface area contributed by atoms with Crippen molar-refractivity contribution in [1.82, 2.24) is 0 Å². The molecule has 0 rings (SSSR count). The number of rotatable bonds is 17. The molecule has 122 valence electrons. The van der Waals surface area contributed by atoms with Gasteiger partial charge in [0, 0.05) is 5.75 Å². The second-order valence-corrected chi connectivity index (χ2v) is 7.58. The summed E-state index contributed by atoms with van der Waals surface area (Å²) in [6.45, 7) is 2.29. The standard InChI is InChI=1S/C18H38S2/c1-2-3-4-5-6-7-8-9-10-11-12-13-14-15-16-17-18-20-19/h19H,2-18H2,1H3. The van der Waals surface area contributed by atoms with Crippen LogP contribution < -0.4 is 0 Å². The van der Waals surface area contributed by atoms with E-state index in [4.69, 9.17) is 0 Å². The lowest BCUT2D eigenvalue weighted by Crippen LogP contribution is -1.84. The van der Waals surface area contributed by atoms with Crippen LogP contribution in [0.3, 0.4) is 0 Å². The van der Waals surface area contributed by atoms with E-state index in [0.29, 0.717) is 0 Å². The average Bonchev–Trinajstić information content (AvgIpc) is 2.47. The second kappa shape index (κ2) is 19.7. The second-order valence-electron chi connectivity index (χ2n) is 6.14. The fraction of sp³-hybridized carbons (Fsp3) is 1.00. The summed E-state index contributed by atoms with van der Waals surface area (Å²) in [5.41, 5.74) is 0. The fourth-order valence-corrected chi connectivity index (χ4v) is 3.44. The van der Waals surface area contributed by atoms with Crippen LogP contribution in [0.2, 0.25) is 0 Å². The number of thiol groups is 1. The summed E-state index contributed by atoms with van der Waals surface area (Å²) < 4.78 is 0. The molecule has 0 saturated carbocycles. The van der Waals surface area contributed by atoms with Gasteiger partial charge in [-0.25, -0.2) is 0 Å². The van der Waals surface area contributed by atoms with Crippen molar-refractivity contribution in [2.24, 2.45) is 0 Å². The van der Waals surface area contributed by atoms with Crippen LogP contribution in [0.25, 0.3) is 0 Å². The van der Waals surface area contributed by atoms with Gasteiger partial charge in [0.1, 0.15) is 0 Å². The van der Waals surface area contributed by atoms with Crippen LogP contribution in [0.4, 0.5) is 0 Å². The first-order valence-corrected chi connectivity index (χ1v) is 11.2. The molecule has 0 fully saturated rings. The van der Waals surface area contributed by atoms with Crippen LogP contribution in [0.1, 0.15) is 110 Å². The highest BCUT2D eigenvalue weighted by molar-refractivity contribution is 8.68. The molecule has 0 spiro atoms. The third kappa shape index (κ3) is 18.7. The van der Waals surface area contributed by atoms with Crippen molar-refractivity contribution in [2.45, 2.75) is 110 Å². The number of hydrogen-bond donors (Lipinski definition) is 1. The molecule has 0 aliphatic heterocycles. The molecule has 0 heterocycles. The van der Waals surface area contributed by atoms with Crippen LogP contribution >= 0.6 is 22.5 Å². The third-order valence-corrected chi connectivity index (χ3v) is 5.11. The predicted octanol–water partition coefficient (Wildman–Crippen LogP) is 7.83. The Morgan fingerprint density at radius 2 is 0.800 bits per heavy atom. The van der Waals surface area contributed by atoms with Crippen molar-refractivity contribution in [3.63, 3.8) is 0 Å². The molecule has 0 bridgehead atoms. The molecular formula is C18H38S2. The summed E-state index contributed by atoms with van der Waals surface area (Å²) in [4.78, 5) is 0. The molecule has 2 heteroatoms. The van der Waals surface area contributed by atoms with Gasteiger partial charge in [-0.05, 0) is 6.42 Å². The molecule has 0 aromatic carbocycles. The van der Waals surface area contributed by atoms with Gasteiger partial charge in [-0.1, -0.05) is 114 Å². The van der Waals surface area contributed by atoms with Crippen molar-refractivity contribution < 1.29 is 0 Å². The Hall–Kier alpha value is 0.700. The Balaban J connectivity index is 2.89. The van der Waals surface area contributed by atoms with Gasteiger partial charge in [0.05, 0.1) is 0 Å². The van der Waals surface area contributed by atoms with E-state index in [9.17, 15) is 0 Å². The molecule has 0 saturated heterocycles. The van der Waals surface area contributed by atoms with E-state index in [0.717, 1.165) is 0 Å². The summed E-state index contributed by atoms with van der Waals surface area (Å²) in [5, 5.41) is 0. The number of hydrogen-bond acceptors (Lipinski definition) is 2. The minimum atomic E-state index is 1.22. The molecule has 0 aromatic rings. The van der Waals surface area contributed by atoms with E-state index in [-0.39, 0.29) is 0 Å². The molecule has 0 radical (unpaired) electrons. The van der Waals surface area contributed by atoms with E-state index in [1.807, 2.05) is 0 Å². The van der Waals surface area contributed by atoms with Crippen LogP contribution in [0, 0.1) is 0 Å². The monoisotopic (exact) mass is 318 g/mol. The van der Waals surface area contributed by atoms with Gasteiger partial charge in [0.25, 0.3) is 0 Å². The molecule has 0 unspecified atom stereocenters. The Morgan fingerprint density at radius 3 is 1.10 bits per heavy atom. The topological polar surface area (TPSA) is 0 Å². The highest BCUT2D eigenvalue weighted by Gasteiger charge is 1.94. The zero-order valence-electron chi connectivity index (χ0n) is 13.9. The van der Waals surface area contributed by atoms with Gasteiger partial charge < -0.3 is 0 Å². The minimum Gasteiger partial charge on any atom is -0.111 e. The van der Waals surface area contributed by atoms with Crippen molar-refractivity contribution in [2.75, 3.05) is 5.75 Å². The van der Waals surface area contributed by atoms with Gasteiger partial charge in [-0.2, -0.15) is 0 Å². The molecule has 0 N–H and O–H groups in total. The lowest BCUT2D eigenvalue weighted by Gasteiger charge is -2.03. The first-order chi connectivity index (χ1) is 9.91. The van der Waals surface area contributed by atoms with Crippen LogP contribution in [-0.4, -0.2) is 5.75 Å². The lowest BCUT2D eigenvalue weighted by atomic mass is 10.0. The van der Waals surface area contributed by atoms with E-state index < -0.39 is 0 Å². The van der Waals surface area contributed by atoms with Gasteiger partial charge >= 0.3 is 0 Å². The van der Waals surface area contributed by atoms with E-state index in [2.05, 4.69) is 18.6 Å².